The molecule has 0 saturated carbocycles. The van der Waals surface area contributed by atoms with Gasteiger partial charge >= 0.3 is 0 Å². The van der Waals surface area contributed by atoms with Crippen molar-refractivity contribution < 1.29 is 4.39 Å². The zero-order valence-corrected chi connectivity index (χ0v) is 9.46. The van der Waals surface area contributed by atoms with Crippen LogP contribution in [0.25, 0.3) is 16.7 Å². The summed E-state index contributed by atoms with van der Waals surface area (Å²) in [4.78, 5) is 15.6. The van der Waals surface area contributed by atoms with Gasteiger partial charge in [-0.15, -0.1) is 0 Å². The number of thiocarbonyl (C=S) groups is 1. The van der Waals surface area contributed by atoms with Crippen molar-refractivity contribution in [1.29, 1.82) is 0 Å². The van der Waals surface area contributed by atoms with Crippen LogP contribution in [0.15, 0.2) is 30.5 Å². The third-order valence-electron chi connectivity index (χ3n) is 2.48. The molecule has 0 saturated heterocycles. The van der Waals surface area contributed by atoms with E-state index in [0.29, 0.717) is 33.8 Å². The third-order valence-corrected chi connectivity index (χ3v) is 2.85. The van der Waals surface area contributed by atoms with E-state index in [2.05, 4.69) is 19.9 Å². The topological polar surface area (TPSA) is 54.5 Å². The molecule has 4 nitrogen and oxygen atoms in total. The Morgan fingerprint density at radius 3 is 3.06 bits per heavy atom. The normalized spacial score (nSPS) is 15.9. The maximum absolute atomic E-state index is 13.7. The molecule has 0 bridgehead atoms. The Labute approximate surface area is 101 Å². The summed E-state index contributed by atoms with van der Waals surface area (Å²) in [6.45, 7) is 0. The number of hydrogen-bond acceptors (Lipinski definition) is 4. The van der Waals surface area contributed by atoms with E-state index in [1.807, 2.05) is 0 Å². The van der Waals surface area contributed by atoms with Gasteiger partial charge in [0.2, 0.25) is 0 Å². The van der Waals surface area contributed by atoms with Crippen LogP contribution in [0.1, 0.15) is 12.2 Å². The lowest BCUT2D eigenvalue weighted by Gasteiger charge is -2.08. The molecule has 3 rings (SSSR count). The molecule has 0 aromatic carbocycles. The molecule has 84 valence electrons. The Balaban J connectivity index is 2.21. The molecule has 1 aliphatic rings. The molecule has 2 heterocycles. The maximum Gasteiger partial charge on any atom is 0.181 e. The molecule has 6 heteroatoms. The Hall–Kier alpha value is -1.95. The minimum absolute atomic E-state index is 0.348. The van der Waals surface area contributed by atoms with Gasteiger partial charge in [0.05, 0.1) is 11.8 Å². The molecule has 2 aromatic heterocycles. The lowest BCUT2D eigenvalue weighted by molar-refractivity contribution is 0.669. The summed E-state index contributed by atoms with van der Waals surface area (Å²) in [5.41, 5.74) is 1.52. The standard InChI is InChI=1S/C11H7FN4S/c12-6-2-1-3-8(17)9(6)11-15-7-4-13-5-14-10(7)16-11/h1-2,4-5H,3H2,(H,13,14,15,16). The quantitative estimate of drug-likeness (QED) is 0.785. The van der Waals surface area contributed by atoms with E-state index in [1.54, 1.807) is 12.3 Å². The Morgan fingerprint density at radius 2 is 2.29 bits per heavy atom. The molecule has 2 aromatic rings. The van der Waals surface area contributed by atoms with Crippen LogP contribution in [-0.4, -0.2) is 24.8 Å². The third kappa shape index (κ3) is 1.66. The second-order valence-corrected chi connectivity index (χ2v) is 4.09. The SMILES string of the molecule is FC1=C(c2nc3ncncc3[nH]2)C(=S)CC=C1. The number of allylic oxidation sites excluding steroid dienone is 4. The minimum Gasteiger partial charge on any atom is -0.335 e. The maximum atomic E-state index is 13.7. The largest absolute Gasteiger partial charge is 0.335 e. The van der Waals surface area contributed by atoms with E-state index in [0.717, 1.165) is 0 Å². The van der Waals surface area contributed by atoms with Gasteiger partial charge in [0.25, 0.3) is 0 Å². The highest BCUT2D eigenvalue weighted by Crippen LogP contribution is 2.26. The van der Waals surface area contributed by atoms with Gasteiger partial charge in [-0.1, -0.05) is 18.3 Å². The van der Waals surface area contributed by atoms with E-state index in [1.165, 1.54) is 12.4 Å². The van der Waals surface area contributed by atoms with Crippen molar-refractivity contribution in [3.63, 3.8) is 0 Å². The van der Waals surface area contributed by atoms with E-state index < -0.39 is 0 Å². The number of aromatic nitrogens is 4. The lowest BCUT2D eigenvalue weighted by atomic mass is 10.0. The number of nitrogens with one attached hydrogen (secondary N) is 1. The number of hydrogen-bond donors (Lipinski definition) is 1. The van der Waals surface area contributed by atoms with Crippen LogP contribution in [0.3, 0.4) is 0 Å². The number of H-pyrrole nitrogens is 1. The smallest absolute Gasteiger partial charge is 0.181 e. The average Bonchev–Trinajstić information content (AvgIpc) is 2.71. The Morgan fingerprint density at radius 1 is 1.41 bits per heavy atom. The van der Waals surface area contributed by atoms with Crippen molar-refractivity contribution in [3.8, 4) is 0 Å². The molecule has 17 heavy (non-hydrogen) atoms. The van der Waals surface area contributed by atoms with Crippen LogP contribution in [0, 0.1) is 0 Å². The molecular formula is C11H7FN4S. The van der Waals surface area contributed by atoms with Gasteiger partial charge in [0.1, 0.15) is 23.5 Å². The van der Waals surface area contributed by atoms with E-state index in [4.69, 9.17) is 12.2 Å². The van der Waals surface area contributed by atoms with Gasteiger partial charge in [-0.3, -0.25) is 0 Å². The summed E-state index contributed by atoms with van der Waals surface area (Å²) in [5, 5.41) is 0. The first kappa shape index (κ1) is 10.2. The number of aromatic amines is 1. The van der Waals surface area contributed by atoms with Crippen molar-refractivity contribution in [1.82, 2.24) is 19.9 Å². The van der Waals surface area contributed by atoms with Crippen LogP contribution in [0.4, 0.5) is 4.39 Å². The summed E-state index contributed by atoms with van der Waals surface area (Å²) in [6.07, 6.45) is 6.66. The molecule has 0 aliphatic heterocycles. The number of halogens is 1. The van der Waals surface area contributed by atoms with Gasteiger partial charge in [0, 0.05) is 11.3 Å². The monoisotopic (exact) mass is 246 g/mol. The Kier molecular flexibility index (Phi) is 2.29. The molecule has 1 N–H and O–H groups in total. The number of imidazole rings is 1. The number of nitrogens with zero attached hydrogens (tertiary/aromatic N) is 3. The van der Waals surface area contributed by atoms with Gasteiger partial charge in [0.15, 0.2) is 5.65 Å². The van der Waals surface area contributed by atoms with Gasteiger partial charge in [-0.05, 0) is 6.08 Å². The summed E-state index contributed by atoms with van der Waals surface area (Å²) >= 11 is 5.15. The molecule has 0 unspecified atom stereocenters. The molecule has 0 amide bonds. The number of rotatable bonds is 1. The zero-order valence-electron chi connectivity index (χ0n) is 8.64. The van der Waals surface area contributed by atoms with Crippen LogP contribution in [0.5, 0.6) is 0 Å². The molecule has 0 fully saturated rings. The summed E-state index contributed by atoms with van der Waals surface area (Å²) in [5.74, 6) is 0.0422. The van der Waals surface area contributed by atoms with Gasteiger partial charge in [-0.25, -0.2) is 19.3 Å². The molecule has 0 atom stereocenters. The summed E-state index contributed by atoms with van der Waals surface area (Å²) < 4.78 is 13.7. The minimum atomic E-state index is -0.367. The van der Waals surface area contributed by atoms with Crippen LogP contribution in [-0.2, 0) is 0 Å². The predicted octanol–water partition coefficient (Wildman–Crippen LogP) is 2.36. The zero-order chi connectivity index (χ0) is 11.8. The highest BCUT2D eigenvalue weighted by Gasteiger charge is 2.19. The summed E-state index contributed by atoms with van der Waals surface area (Å²) in [7, 11) is 0. The highest BCUT2D eigenvalue weighted by molar-refractivity contribution is 7.81. The van der Waals surface area contributed by atoms with E-state index in [9.17, 15) is 4.39 Å². The second kappa shape index (κ2) is 3.81. The van der Waals surface area contributed by atoms with Crippen molar-refractivity contribution in [2.24, 2.45) is 0 Å². The first-order valence-electron chi connectivity index (χ1n) is 5.01. The fraction of sp³-hybridized carbons (Fsp3) is 0.0909. The van der Waals surface area contributed by atoms with Crippen LogP contribution >= 0.6 is 12.2 Å². The fourth-order valence-electron chi connectivity index (χ4n) is 1.71. The van der Waals surface area contributed by atoms with Crippen molar-refractivity contribution in [3.05, 3.63) is 36.3 Å². The van der Waals surface area contributed by atoms with Gasteiger partial charge in [-0.2, -0.15) is 0 Å². The highest BCUT2D eigenvalue weighted by atomic mass is 32.1. The average molecular weight is 246 g/mol. The fourth-order valence-corrected chi connectivity index (χ4v) is 2.00. The first-order valence-corrected chi connectivity index (χ1v) is 5.42. The molecule has 1 aliphatic carbocycles. The second-order valence-electron chi connectivity index (χ2n) is 3.60. The Bertz CT molecular complexity index is 638. The van der Waals surface area contributed by atoms with E-state index >= 15 is 0 Å². The van der Waals surface area contributed by atoms with Crippen molar-refractivity contribution in [2.75, 3.05) is 0 Å². The predicted molar refractivity (Wildman–Crippen MR) is 66.1 cm³/mol. The van der Waals surface area contributed by atoms with Crippen molar-refractivity contribution >= 4 is 33.8 Å². The first-order chi connectivity index (χ1) is 8.25. The van der Waals surface area contributed by atoms with Crippen LogP contribution < -0.4 is 0 Å². The molecule has 0 radical (unpaired) electrons. The number of fused-ring (bicyclic) bond motifs is 1. The molecular weight excluding hydrogens is 239 g/mol. The molecule has 0 spiro atoms. The van der Waals surface area contributed by atoms with Crippen molar-refractivity contribution in [2.45, 2.75) is 6.42 Å². The van der Waals surface area contributed by atoms with Crippen LogP contribution in [0.2, 0.25) is 0 Å². The summed E-state index contributed by atoms with van der Waals surface area (Å²) in [6, 6.07) is 0. The van der Waals surface area contributed by atoms with E-state index in [-0.39, 0.29) is 5.83 Å². The van der Waals surface area contributed by atoms with Gasteiger partial charge < -0.3 is 4.98 Å². The lowest BCUT2D eigenvalue weighted by Crippen LogP contribution is -2.04.